The van der Waals surface area contributed by atoms with Crippen molar-refractivity contribution in [2.45, 2.75) is 355 Å². The molecule has 0 aromatic heterocycles. The molecule has 19 heteroatoms. The van der Waals surface area contributed by atoms with Crippen LogP contribution in [0.2, 0.25) is 0 Å². The van der Waals surface area contributed by atoms with Gasteiger partial charge in [0.1, 0.15) is 19.3 Å². The molecule has 0 saturated heterocycles. The van der Waals surface area contributed by atoms with Crippen molar-refractivity contribution in [3.63, 3.8) is 0 Å². The molecular weight excluding hydrogens is 1130 g/mol. The van der Waals surface area contributed by atoms with Crippen LogP contribution in [0.4, 0.5) is 0 Å². The topological polar surface area (TPSA) is 237 Å². The van der Waals surface area contributed by atoms with Crippen LogP contribution >= 0.6 is 15.6 Å². The number of carbonyl (C=O) groups is 4. The minimum atomic E-state index is -4.95. The largest absolute Gasteiger partial charge is 0.472 e. The van der Waals surface area contributed by atoms with Crippen LogP contribution in [0.15, 0.2) is 0 Å². The summed E-state index contributed by atoms with van der Waals surface area (Å²) in [5, 5.41) is 10.5. The summed E-state index contributed by atoms with van der Waals surface area (Å²) in [6.45, 7) is 7.15. The van der Waals surface area contributed by atoms with Crippen molar-refractivity contribution in [2.24, 2.45) is 5.92 Å². The number of esters is 4. The maximum atomic E-state index is 13.0. The lowest BCUT2D eigenvalue weighted by molar-refractivity contribution is -0.161. The van der Waals surface area contributed by atoms with Gasteiger partial charge in [0.2, 0.25) is 0 Å². The van der Waals surface area contributed by atoms with Crippen molar-refractivity contribution < 1.29 is 80.2 Å². The van der Waals surface area contributed by atoms with Crippen LogP contribution in [0.25, 0.3) is 0 Å². The molecule has 0 aromatic rings. The van der Waals surface area contributed by atoms with E-state index in [1.165, 1.54) is 154 Å². The highest BCUT2D eigenvalue weighted by molar-refractivity contribution is 7.47. The Bertz CT molecular complexity index is 1650. The quantitative estimate of drug-likeness (QED) is 0.0222. The molecule has 17 nitrogen and oxygen atoms in total. The van der Waals surface area contributed by atoms with Gasteiger partial charge in [-0.2, -0.15) is 0 Å². The van der Waals surface area contributed by atoms with Crippen molar-refractivity contribution in [3.05, 3.63) is 0 Å². The molecule has 0 radical (unpaired) electrons. The van der Waals surface area contributed by atoms with Gasteiger partial charge in [0, 0.05) is 25.7 Å². The van der Waals surface area contributed by atoms with E-state index in [0.717, 1.165) is 102 Å². The summed E-state index contributed by atoms with van der Waals surface area (Å²) in [7, 11) is -9.88. The van der Waals surface area contributed by atoms with Gasteiger partial charge < -0.3 is 33.8 Å². The average molecular weight is 1260 g/mol. The van der Waals surface area contributed by atoms with Crippen LogP contribution in [0.1, 0.15) is 336 Å². The Kier molecular flexibility index (Phi) is 58.3. The number of aliphatic hydroxyl groups is 1. The van der Waals surface area contributed by atoms with Crippen molar-refractivity contribution in [1.82, 2.24) is 0 Å². The lowest BCUT2D eigenvalue weighted by atomic mass is 10.0. The molecule has 0 bridgehead atoms. The highest BCUT2D eigenvalue weighted by Crippen LogP contribution is 2.45. The first-order chi connectivity index (χ1) is 41.0. The maximum absolute atomic E-state index is 13.0. The van der Waals surface area contributed by atoms with Crippen LogP contribution in [0, 0.1) is 5.92 Å². The Morgan fingerprint density at radius 2 is 0.541 bits per heavy atom. The van der Waals surface area contributed by atoms with E-state index in [2.05, 4.69) is 34.6 Å². The van der Waals surface area contributed by atoms with Crippen molar-refractivity contribution in [2.75, 3.05) is 39.6 Å². The second kappa shape index (κ2) is 59.7. The van der Waals surface area contributed by atoms with E-state index in [9.17, 15) is 43.2 Å². The minimum absolute atomic E-state index is 0.106. The molecule has 0 spiro atoms. The number of phosphoric acid groups is 2. The van der Waals surface area contributed by atoms with Gasteiger partial charge in [-0.15, -0.1) is 0 Å². The van der Waals surface area contributed by atoms with Crippen LogP contribution in [0.5, 0.6) is 0 Å². The fourth-order valence-corrected chi connectivity index (χ4v) is 11.5. The lowest BCUT2D eigenvalue weighted by Gasteiger charge is -2.21. The van der Waals surface area contributed by atoms with Gasteiger partial charge in [-0.3, -0.25) is 37.3 Å². The molecular formula is C66H128O17P2. The second-order valence-corrected chi connectivity index (χ2v) is 27.2. The molecule has 0 rings (SSSR count). The van der Waals surface area contributed by atoms with Gasteiger partial charge in [-0.1, -0.05) is 285 Å². The smallest absolute Gasteiger partial charge is 0.462 e. The number of phosphoric ester groups is 2. The van der Waals surface area contributed by atoms with Gasteiger partial charge in [0.15, 0.2) is 12.2 Å². The van der Waals surface area contributed by atoms with E-state index < -0.39 is 97.5 Å². The summed E-state index contributed by atoms with van der Waals surface area (Å²) in [5.41, 5.74) is 0. The number of unbranched alkanes of at least 4 members (excludes halogenated alkanes) is 38. The third kappa shape index (κ3) is 60.7. The van der Waals surface area contributed by atoms with Crippen LogP contribution < -0.4 is 0 Å². The molecule has 2 unspecified atom stereocenters. The number of carbonyl (C=O) groups excluding carboxylic acids is 4. The predicted octanol–water partition coefficient (Wildman–Crippen LogP) is 18.6. The van der Waals surface area contributed by atoms with E-state index in [1.54, 1.807) is 0 Å². The number of hydrogen-bond donors (Lipinski definition) is 3. The molecule has 0 heterocycles. The van der Waals surface area contributed by atoms with Gasteiger partial charge >= 0.3 is 39.5 Å². The summed E-state index contributed by atoms with van der Waals surface area (Å²) in [6, 6.07) is 0. The zero-order chi connectivity index (χ0) is 62.8. The minimum Gasteiger partial charge on any atom is -0.462 e. The molecule has 504 valence electrons. The molecule has 0 saturated carbocycles. The van der Waals surface area contributed by atoms with E-state index in [4.69, 9.17) is 37.0 Å². The monoisotopic (exact) mass is 1250 g/mol. The van der Waals surface area contributed by atoms with Crippen LogP contribution in [-0.2, 0) is 65.4 Å². The maximum Gasteiger partial charge on any atom is 0.472 e. The van der Waals surface area contributed by atoms with Gasteiger partial charge in [0.25, 0.3) is 0 Å². The van der Waals surface area contributed by atoms with Crippen molar-refractivity contribution in [3.8, 4) is 0 Å². The van der Waals surface area contributed by atoms with E-state index in [1.807, 2.05) is 0 Å². The molecule has 0 aliphatic carbocycles. The van der Waals surface area contributed by atoms with E-state index in [-0.39, 0.29) is 25.7 Å². The highest BCUT2D eigenvalue weighted by atomic mass is 31.2. The lowest BCUT2D eigenvalue weighted by Crippen LogP contribution is -2.30. The third-order valence-corrected chi connectivity index (χ3v) is 17.2. The number of hydrogen-bond acceptors (Lipinski definition) is 15. The zero-order valence-corrected chi connectivity index (χ0v) is 56.5. The molecule has 0 aromatic carbocycles. The Labute approximate surface area is 517 Å². The second-order valence-electron chi connectivity index (χ2n) is 24.3. The zero-order valence-electron chi connectivity index (χ0n) is 54.7. The fraction of sp³-hybridized carbons (Fsp3) is 0.939. The summed E-state index contributed by atoms with van der Waals surface area (Å²) >= 11 is 0. The first-order valence-electron chi connectivity index (χ1n) is 34.6. The van der Waals surface area contributed by atoms with Crippen molar-refractivity contribution >= 4 is 39.5 Å². The molecule has 0 amide bonds. The van der Waals surface area contributed by atoms with Crippen LogP contribution in [-0.4, -0.2) is 96.7 Å². The summed E-state index contributed by atoms with van der Waals surface area (Å²) in [5.74, 6) is -1.35. The summed E-state index contributed by atoms with van der Waals surface area (Å²) in [4.78, 5) is 72.1. The molecule has 3 N–H and O–H groups in total. The number of ether oxygens (including phenoxy) is 4. The van der Waals surface area contributed by atoms with Gasteiger partial charge in [0.05, 0.1) is 26.4 Å². The standard InChI is InChI=1S/C66H128O17P2/c1-6-9-12-15-17-19-21-23-28-31-35-40-45-50-64(69)77-56-62(83-66(71)52-47-42-37-33-29-25-22-24-27-30-34-39-43-48-59(4)5)58-81-85(74,75)79-54-60(67)53-78-84(72,73)80-57-61(55-76-63(68)49-44-38-14-11-8-3)82-65(70)51-46-41-36-32-26-20-18-16-13-10-7-2/h59-62,67H,6-58H2,1-5H3,(H,72,73)(H,74,75)/t60-,61+,62+/m0/s1. The Morgan fingerprint density at radius 1 is 0.318 bits per heavy atom. The Balaban J connectivity index is 5.17. The van der Waals surface area contributed by atoms with E-state index >= 15 is 0 Å². The molecule has 0 fully saturated rings. The first-order valence-corrected chi connectivity index (χ1v) is 37.6. The van der Waals surface area contributed by atoms with Crippen LogP contribution in [0.3, 0.4) is 0 Å². The SMILES string of the molecule is CCCCCCCCCCCCCCCC(=O)OC[C@H](COP(=O)(O)OC[C@@H](O)COP(=O)(O)OC[C@@H](COC(=O)CCCCCCC)OC(=O)CCCCCCCCCCCCC)OC(=O)CCCCCCCCCCCCCCCC(C)C. The van der Waals surface area contributed by atoms with Gasteiger partial charge in [-0.05, 0) is 31.6 Å². The number of rotatable bonds is 66. The highest BCUT2D eigenvalue weighted by Gasteiger charge is 2.30. The first kappa shape index (κ1) is 83.1. The molecule has 0 aliphatic rings. The molecule has 0 aliphatic heterocycles. The molecule has 85 heavy (non-hydrogen) atoms. The van der Waals surface area contributed by atoms with Gasteiger partial charge in [-0.25, -0.2) is 9.13 Å². The normalized spacial score (nSPS) is 14.2. The number of aliphatic hydroxyl groups excluding tert-OH is 1. The average Bonchev–Trinajstić information content (AvgIpc) is 3.51. The van der Waals surface area contributed by atoms with E-state index in [0.29, 0.717) is 25.7 Å². The molecule has 5 atom stereocenters. The summed E-state index contributed by atoms with van der Waals surface area (Å²) < 4.78 is 67.9. The fourth-order valence-electron chi connectivity index (χ4n) is 9.94. The van der Waals surface area contributed by atoms with Crippen molar-refractivity contribution in [1.29, 1.82) is 0 Å². The third-order valence-electron chi connectivity index (χ3n) is 15.3. The predicted molar refractivity (Wildman–Crippen MR) is 340 cm³/mol. The Morgan fingerprint density at radius 3 is 0.800 bits per heavy atom. The Hall–Kier alpha value is -1.94. The summed E-state index contributed by atoms with van der Waals surface area (Å²) in [6.07, 6.45) is 44.7.